The molecular weight excluding hydrogens is 198 g/mol. The molecule has 0 amide bonds. The molecule has 0 saturated carbocycles. The molecule has 0 radical (unpaired) electrons. The second-order valence-electron chi connectivity index (χ2n) is 4.17. The molecule has 1 aromatic carbocycles. The van der Waals surface area contributed by atoms with E-state index in [1.807, 2.05) is 31.2 Å². The van der Waals surface area contributed by atoms with Crippen molar-refractivity contribution in [3.63, 3.8) is 0 Å². The Kier molecular flexibility index (Phi) is 5.79. The summed E-state index contributed by atoms with van der Waals surface area (Å²) in [6.45, 7) is 5.63. The molecular formula is C14H21NO. The summed E-state index contributed by atoms with van der Waals surface area (Å²) >= 11 is 0. The highest BCUT2D eigenvalue weighted by molar-refractivity contribution is 5.83. The number of unbranched alkanes of at least 4 members (excludes halogenated alkanes) is 1. The summed E-state index contributed by atoms with van der Waals surface area (Å²) in [6, 6.07) is 8.06. The maximum Gasteiger partial charge on any atom is 0.150 e. The van der Waals surface area contributed by atoms with Gasteiger partial charge in [-0.1, -0.05) is 37.6 Å². The fourth-order valence-electron chi connectivity index (χ4n) is 1.61. The number of hydrogen-bond donors (Lipinski definition) is 1. The number of rotatable bonds is 7. The minimum atomic E-state index is 0.269. The predicted molar refractivity (Wildman–Crippen MR) is 67.7 cm³/mol. The Hall–Kier alpha value is -1.15. The molecule has 0 aliphatic carbocycles. The summed E-state index contributed by atoms with van der Waals surface area (Å²) < 4.78 is 0. The van der Waals surface area contributed by atoms with Crippen LogP contribution in [0.5, 0.6) is 0 Å². The quantitative estimate of drug-likeness (QED) is 0.714. The Balaban J connectivity index is 2.32. The van der Waals surface area contributed by atoms with Crippen LogP contribution in [0.2, 0.25) is 0 Å². The van der Waals surface area contributed by atoms with Crippen molar-refractivity contribution in [1.29, 1.82) is 0 Å². The van der Waals surface area contributed by atoms with Crippen molar-refractivity contribution < 1.29 is 4.79 Å². The van der Waals surface area contributed by atoms with Crippen LogP contribution in [0.3, 0.4) is 0 Å². The van der Waals surface area contributed by atoms with Crippen molar-refractivity contribution in [3.8, 4) is 0 Å². The lowest BCUT2D eigenvalue weighted by Gasteiger charge is -2.05. The molecule has 0 fully saturated rings. The minimum absolute atomic E-state index is 0.269. The van der Waals surface area contributed by atoms with Crippen LogP contribution in [0.1, 0.15) is 30.9 Å². The molecule has 0 aliphatic rings. The number of Topliss-reactive ketones (excluding diaryl/α,β-unsaturated/α-hetero) is 1. The highest BCUT2D eigenvalue weighted by atomic mass is 16.1. The van der Waals surface area contributed by atoms with Crippen molar-refractivity contribution in [2.24, 2.45) is 0 Å². The van der Waals surface area contributed by atoms with Gasteiger partial charge in [0, 0.05) is 6.42 Å². The van der Waals surface area contributed by atoms with E-state index in [0.29, 0.717) is 13.0 Å². The van der Waals surface area contributed by atoms with E-state index < -0.39 is 0 Å². The van der Waals surface area contributed by atoms with Crippen molar-refractivity contribution >= 4 is 5.78 Å². The van der Waals surface area contributed by atoms with E-state index in [9.17, 15) is 4.79 Å². The van der Waals surface area contributed by atoms with Gasteiger partial charge in [-0.2, -0.15) is 0 Å². The van der Waals surface area contributed by atoms with E-state index in [1.54, 1.807) is 0 Å². The molecule has 1 N–H and O–H groups in total. The summed E-state index contributed by atoms with van der Waals surface area (Å²) in [6.07, 6.45) is 2.85. The second kappa shape index (κ2) is 7.18. The Morgan fingerprint density at radius 2 is 2.06 bits per heavy atom. The average molecular weight is 219 g/mol. The first-order valence-electron chi connectivity index (χ1n) is 6.01. The second-order valence-corrected chi connectivity index (χ2v) is 4.17. The van der Waals surface area contributed by atoms with Gasteiger partial charge in [0.25, 0.3) is 0 Å². The summed E-state index contributed by atoms with van der Waals surface area (Å²) in [5.74, 6) is 0.269. The predicted octanol–water partition coefficient (Wildman–Crippen LogP) is 2.50. The van der Waals surface area contributed by atoms with E-state index in [4.69, 9.17) is 0 Å². The maximum absolute atomic E-state index is 11.7. The minimum Gasteiger partial charge on any atom is -0.310 e. The van der Waals surface area contributed by atoms with Gasteiger partial charge in [-0.25, -0.2) is 0 Å². The molecule has 0 atom stereocenters. The lowest BCUT2D eigenvalue weighted by atomic mass is 10.0. The van der Waals surface area contributed by atoms with E-state index in [0.717, 1.165) is 18.5 Å². The van der Waals surface area contributed by atoms with Crippen molar-refractivity contribution in [2.75, 3.05) is 13.1 Å². The van der Waals surface area contributed by atoms with Gasteiger partial charge in [0.15, 0.2) is 5.78 Å². The summed E-state index contributed by atoms with van der Waals surface area (Å²) in [4.78, 5) is 11.7. The van der Waals surface area contributed by atoms with Crippen LogP contribution in [0, 0.1) is 6.92 Å². The zero-order valence-electron chi connectivity index (χ0n) is 10.3. The normalized spacial score (nSPS) is 10.4. The summed E-state index contributed by atoms with van der Waals surface area (Å²) in [7, 11) is 0. The average Bonchev–Trinajstić information content (AvgIpc) is 2.28. The first-order chi connectivity index (χ1) is 7.74. The molecule has 0 heterocycles. The van der Waals surface area contributed by atoms with Crippen LogP contribution >= 0.6 is 0 Å². The number of carbonyl (C=O) groups is 1. The van der Waals surface area contributed by atoms with E-state index >= 15 is 0 Å². The van der Waals surface area contributed by atoms with Crippen LogP contribution < -0.4 is 5.32 Å². The largest absolute Gasteiger partial charge is 0.310 e. The molecule has 0 saturated heterocycles. The number of carbonyl (C=O) groups excluding carboxylic acids is 1. The third-order valence-corrected chi connectivity index (χ3v) is 2.68. The Bertz CT molecular complexity index is 333. The number of aryl methyl sites for hydroxylation is 1. The van der Waals surface area contributed by atoms with Crippen LogP contribution in [-0.2, 0) is 11.2 Å². The standard InChI is InChI=1S/C14H21NO/c1-3-4-9-15-11-14(16)10-13-8-6-5-7-12(13)2/h5-8,15H,3-4,9-11H2,1-2H3. The van der Waals surface area contributed by atoms with Gasteiger partial charge in [0.1, 0.15) is 0 Å². The smallest absolute Gasteiger partial charge is 0.150 e. The SMILES string of the molecule is CCCCNCC(=O)Cc1ccccc1C. The number of hydrogen-bond acceptors (Lipinski definition) is 2. The topological polar surface area (TPSA) is 29.1 Å². The van der Waals surface area contributed by atoms with Crippen molar-refractivity contribution in [1.82, 2.24) is 5.32 Å². The van der Waals surface area contributed by atoms with Gasteiger partial charge >= 0.3 is 0 Å². The number of benzene rings is 1. The van der Waals surface area contributed by atoms with Crippen LogP contribution in [0.25, 0.3) is 0 Å². The highest BCUT2D eigenvalue weighted by Gasteiger charge is 2.04. The molecule has 0 bridgehead atoms. The molecule has 0 spiro atoms. The summed E-state index contributed by atoms with van der Waals surface area (Å²) in [5, 5.41) is 3.18. The Morgan fingerprint density at radius 1 is 1.31 bits per heavy atom. The van der Waals surface area contributed by atoms with E-state index in [-0.39, 0.29) is 5.78 Å². The van der Waals surface area contributed by atoms with Gasteiger partial charge in [-0.3, -0.25) is 4.79 Å². The summed E-state index contributed by atoms with van der Waals surface area (Å²) in [5.41, 5.74) is 2.34. The monoisotopic (exact) mass is 219 g/mol. The van der Waals surface area contributed by atoms with Gasteiger partial charge in [0.2, 0.25) is 0 Å². The number of nitrogens with one attached hydrogen (secondary N) is 1. The Labute approximate surface area is 98.1 Å². The molecule has 2 heteroatoms. The zero-order valence-corrected chi connectivity index (χ0v) is 10.3. The molecule has 2 nitrogen and oxygen atoms in total. The van der Waals surface area contributed by atoms with Gasteiger partial charge in [-0.15, -0.1) is 0 Å². The number of ketones is 1. The van der Waals surface area contributed by atoms with E-state index in [2.05, 4.69) is 12.2 Å². The zero-order chi connectivity index (χ0) is 11.8. The molecule has 0 unspecified atom stereocenters. The molecule has 16 heavy (non-hydrogen) atoms. The Morgan fingerprint density at radius 3 is 2.75 bits per heavy atom. The molecule has 1 rings (SSSR count). The maximum atomic E-state index is 11.7. The van der Waals surface area contributed by atoms with Gasteiger partial charge in [0.05, 0.1) is 6.54 Å². The molecule has 88 valence electrons. The van der Waals surface area contributed by atoms with Crippen LogP contribution in [-0.4, -0.2) is 18.9 Å². The lowest BCUT2D eigenvalue weighted by Crippen LogP contribution is -2.25. The fourth-order valence-corrected chi connectivity index (χ4v) is 1.61. The van der Waals surface area contributed by atoms with Crippen LogP contribution in [0.15, 0.2) is 24.3 Å². The third kappa shape index (κ3) is 4.58. The van der Waals surface area contributed by atoms with Gasteiger partial charge < -0.3 is 5.32 Å². The molecule has 1 aromatic rings. The third-order valence-electron chi connectivity index (χ3n) is 2.68. The van der Waals surface area contributed by atoms with Gasteiger partial charge in [-0.05, 0) is 31.0 Å². The first-order valence-corrected chi connectivity index (χ1v) is 6.01. The van der Waals surface area contributed by atoms with E-state index in [1.165, 1.54) is 12.0 Å². The van der Waals surface area contributed by atoms with Crippen LogP contribution in [0.4, 0.5) is 0 Å². The lowest BCUT2D eigenvalue weighted by molar-refractivity contribution is -0.117. The van der Waals surface area contributed by atoms with Crippen molar-refractivity contribution in [3.05, 3.63) is 35.4 Å². The highest BCUT2D eigenvalue weighted by Crippen LogP contribution is 2.07. The first kappa shape index (κ1) is 12.9. The molecule has 0 aromatic heterocycles. The molecule has 0 aliphatic heterocycles. The fraction of sp³-hybridized carbons (Fsp3) is 0.500. The van der Waals surface area contributed by atoms with Crippen molar-refractivity contribution in [2.45, 2.75) is 33.1 Å².